The molecule has 0 aliphatic carbocycles. The first-order chi connectivity index (χ1) is 6.33. The lowest BCUT2D eigenvalue weighted by molar-refractivity contribution is 0.136. The molecular formula is C8H8FN3O. The highest BCUT2D eigenvalue weighted by Crippen LogP contribution is 2.14. The zero-order valence-corrected chi connectivity index (χ0v) is 6.76. The third-order valence-corrected chi connectivity index (χ3v) is 1.83. The van der Waals surface area contributed by atoms with E-state index in [2.05, 4.69) is 9.97 Å². The fourth-order valence-corrected chi connectivity index (χ4v) is 1.19. The molecule has 0 aliphatic rings. The van der Waals surface area contributed by atoms with Crippen molar-refractivity contribution in [3.63, 3.8) is 0 Å². The van der Waals surface area contributed by atoms with Crippen LogP contribution in [0.15, 0.2) is 24.8 Å². The van der Waals surface area contributed by atoms with E-state index in [4.69, 9.17) is 0 Å². The molecule has 0 bridgehead atoms. The Kier molecular flexibility index (Phi) is 1.94. The van der Waals surface area contributed by atoms with Crippen LogP contribution >= 0.6 is 0 Å². The molecule has 68 valence electrons. The quantitative estimate of drug-likeness (QED) is 0.743. The van der Waals surface area contributed by atoms with E-state index in [0.29, 0.717) is 11.3 Å². The largest absolute Gasteiger partial charge is 0.384 e. The van der Waals surface area contributed by atoms with Crippen molar-refractivity contribution in [2.75, 3.05) is 6.67 Å². The molecule has 2 rings (SSSR count). The van der Waals surface area contributed by atoms with Gasteiger partial charge < -0.3 is 5.11 Å². The zero-order valence-electron chi connectivity index (χ0n) is 6.76. The molecule has 0 spiro atoms. The van der Waals surface area contributed by atoms with Crippen LogP contribution in [-0.2, 0) is 0 Å². The van der Waals surface area contributed by atoms with Crippen molar-refractivity contribution in [1.82, 2.24) is 14.4 Å². The smallest absolute Gasteiger partial charge is 0.155 e. The predicted octanol–water partition coefficient (Wildman–Crippen LogP) is 0.732. The van der Waals surface area contributed by atoms with Gasteiger partial charge in [0, 0.05) is 12.4 Å². The lowest BCUT2D eigenvalue weighted by Crippen LogP contribution is -2.03. The molecular weight excluding hydrogens is 173 g/mol. The Balaban J connectivity index is 2.57. The second-order valence-electron chi connectivity index (χ2n) is 2.66. The summed E-state index contributed by atoms with van der Waals surface area (Å²) in [6.45, 7) is -0.809. The fourth-order valence-electron chi connectivity index (χ4n) is 1.19. The number of fused-ring (bicyclic) bond motifs is 1. The maximum Gasteiger partial charge on any atom is 0.155 e. The minimum Gasteiger partial charge on any atom is -0.384 e. The van der Waals surface area contributed by atoms with Gasteiger partial charge in [-0.05, 0) is 0 Å². The molecule has 2 aromatic heterocycles. The average molecular weight is 181 g/mol. The van der Waals surface area contributed by atoms with Crippen LogP contribution in [0.2, 0.25) is 0 Å². The number of aromatic nitrogens is 3. The van der Waals surface area contributed by atoms with Crippen molar-refractivity contribution < 1.29 is 9.50 Å². The Bertz CT molecular complexity index is 414. The van der Waals surface area contributed by atoms with Crippen molar-refractivity contribution in [3.05, 3.63) is 30.5 Å². The van der Waals surface area contributed by atoms with Crippen LogP contribution in [0.4, 0.5) is 4.39 Å². The number of hydrogen-bond acceptors (Lipinski definition) is 3. The fraction of sp³-hybridized carbons (Fsp3) is 0.250. The maximum absolute atomic E-state index is 12.2. The van der Waals surface area contributed by atoms with E-state index in [9.17, 15) is 9.50 Å². The molecule has 1 atom stereocenters. The van der Waals surface area contributed by atoms with E-state index in [0.717, 1.165) is 0 Å². The third kappa shape index (κ3) is 1.27. The molecule has 1 unspecified atom stereocenters. The molecule has 0 radical (unpaired) electrons. The summed E-state index contributed by atoms with van der Waals surface area (Å²) in [5.74, 6) is 0. The number of imidazole rings is 1. The molecule has 0 amide bonds. The number of nitrogens with zero attached hydrogens (tertiary/aromatic N) is 3. The molecule has 0 saturated heterocycles. The summed E-state index contributed by atoms with van der Waals surface area (Å²) in [6, 6.07) is 0. The topological polar surface area (TPSA) is 50.4 Å². The normalized spacial score (nSPS) is 13.4. The lowest BCUT2D eigenvalue weighted by Gasteiger charge is -2.04. The van der Waals surface area contributed by atoms with Gasteiger partial charge in [0.25, 0.3) is 0 Å². The van der Waals surface area contributed by atoms with Gasteiger partial charge in [-0.1, -0.05) is 0 Å². The number of alkyl halides is 1. The van der Waals surface area contributed by atoms with Crippen LogP contribution < -0.4 is 0 Å². The Morgan fingerprint density at radius 2 is 2.38 bits per heavy atom. The minimum absolute atomic E-state index is 0.444. The molecule has 13 heavy (non-hydrogen) atoms. The van der Waals surface area contributed by atoms with E-state index in [1.807, 2.05) is 0 Å². The van der Waals surface area contributed by atoms with E-state index in [1.54, 1.807) is 23.0 Å². The van der Waals surface area contributed by atoms with Gasteiger partial charge in [0.1, 0.15) is 12.8 Å². The maximum atomic E-state index is 12.2. The summed E-state index contributed by atoms with van der Waals surface area (Å²) >= 11 is 0. The van der Waals surface area contributed by atoms with Gasteiger partial charge in [0.15, 0.2) is 5.65 Å². The number of aliphatic hydroxyl groups excluding tert-OH is 1. The molecule has 0 aromatic carbocycles. The van der Waals surface area contributed by atoms with Crippen LogP contribution in [0.1, 0.15) is 11.8 Å². The predicted molar refractivity (Wildman–Crippen MR) is 43.9 cm³/mol. The lowest BCUT2D eigenvalue weighted by atomic mass is 10.3. The third-order valence-electron chi connectivity index (χ3n) is 1.83. The van der Waals surface area contributed by atoms with Crippen LogP contribution in [-0.4, -0.2) is 26.1 Å². The first-order valence-corrected chi connectivity index (χ1v) is 3.84. The van der Waals surface area contributed by atoms with Gasteiger partial charge in [0.2, 0.25) is 0 Å². The van der Waals surface area contributed by atoms with Crippen LogP contribution in [0.25, 0.3) is 5.65 Å². The summed E-state index contributed by atoms with van der Waals surface area (Å²) in [7, 11) is 0. The Morgan fingerprint density at radius 1 is 1.54 bits per heavy atom. The number of aliphatic hydroxyl groups is 1. The van der Waals surface area contributed by atoms with E-state index in [1.165, 1.54) is 6.20 Å². The Labute approximate surface area is 73.7 Å². The first-order valence-electron chi connectivity index (χ1n) is 3.84. The Hall–Kier alpha value is -1.49. The van der Waals surface area contributed by atoms with Crippen molar-refractivity contribution in [2.24, 2.45) is 0 Å². The van der Waals surface area contributed by atoms with E-state index >= 15 is 0 Å². The van der Waals surface area contributed by atoms with E-state index in [-0.39, 0.29) is 0 Å². The molecule has 0 aliphatic heterocycles. The Morgan fingerprint density at radius 3 is 3.15 bits per heavy atom. The second-order valence-corrected chi connectivity index (χ2v) is 2.66. The van der Waals surface area contributed by atoms with Crippen molar-refractivity contribution >= 4 is 5.65 Å². The highest BCUT2D eigenvalue weighted by molar-refractivity contribution is 5.37. The number of halogens is 1. The molecule has 1 N–H and O–H groups in total. The van der Waals surface area contributed by atoms with Gasteiger partial charge in [-0.15, -0.1) is 0 Å². The molecule has 4 nitrogen and oxygen atoms in total. The van der Waals surface area contributed by atoms with Crippen LogP contribution in [0, 0.1) is 0 Å². The molecule has 0 saturated carbocycles. The summed E-state index contributed by atoms with van der Waals surface area (Å²) in [5.41, 5.74) is 1.05. The SMILES string of the molecule is OC(CF)c1cnc2cnccn12. The van der Waals surface area contributed by atoms with Crippen molar-refractivity contribution in [3.8, 4) is 0 Å². The highest BCUT2D eigenvalue weighted by atomic mass is 19.1. The molecule has 0 fully saturated rings. The summed E-state index contributed by atoms with van der Waals surface area (Å²) < 4.78 is 13.8. The summed E-state index contributed by atoms with van der Waals surface area (Å²) in [5, 5.41) is 9.26. The number of hydrogen-bond donors (Lipinski definition) is 1. The van der Waals surface area contributed by atoms with E-state index < -0.39 is 12.8 Å². The standard InChI is InChI=1S/C8H8FN3O/c9-3-7(13)6-4-11-8-5-10-1-2-12(6)8/h1-2,4-5,7,13H,3H2. The minimum atomic E-state index is -1.11. The average Bonchev–Trinajstić information content (AvgIpc) is 2.60. The van der Waals surface area contributed by atoms with Crippen molar-refractivity contribution in [2.45, 2.75) is 6.10 Å². The van der Waals surface area contributed by atoms with Gasteiger partial charge in [-0.2, -0.15) is 0 Å². The summed E-state index contributed by atoms with van der Waals surface area (Å²) in [4.78, 5) is 7.81. The number of rotatable bonds is 2. The molecule has 5 heteroatoms. The van der Waals surface area contributed by atoms with Crippen molar-refractivity contribution in [1.29, 1.82) is 0 Å². The zero-order chi connectivity index (χ0) is 9.26. The van der Waals surface area contributed by atoms with Gasteiger partial charge in [0.05, 0.1) is 18.1 Å². The monoisotopic (exact) mass is 181 g/mol. The molecule has 2 aromatic rings. The molecule has 2 heterocycles. The first kappa shape index (κ1) is 8.12. The van der Waals surface area contributed by atoms with Gasteiger partial charge in [-0.25, -0.2) is 9.37 Å². The highest BCUT2D eigenvalue weighted by Gasteiger charge is 2.11. The summed E-state index contributed by atoms with van der Waals surface area (Å²) in [6.07, 6.45) is 5.08. The van der Waals surface area contributed by atoms with Gasteiger partial charge in [-0.3, -0.25) is 9.38 Å². The van der Waals surface area contributed by atoms with Crippen LogP contribution in [0.5, 0.6) is 0 Å². The second kappa shape index (κ2) is 3.10. The van der Waals surface area contributed by atoms with Gasteiger partial charge >= 0.3 is 0 Å². The van der Waals surface area contributed by atoms with Crippen LogP contribution in [0.3, 0.4) is 0 Å².